The fourth-order valence-corrected chi connectivity index (χ4v) is 3.45. The molecule has 6 heteroatoms. The predicted molar refractivity (Wildman–Crippen MR) is 102 cm³/mol. The normalized spacial score (nSPS) is 14.3. The third-order valence-electron chi connectivity index (χ3n) is 4.52. The fourth-order valence-electron chi connectivity index (χ4n) is 3.08. The number of hydrogen-bond donors (Lipinski definition) is 1. The van der Waals surface area contributed by atoms with E-state index in [0.717, 1.165) is 26.7 Å². The summed E-state index contributed by atoms with van der Waals surface area (Å²) in [5.74, 6) is 1.54. The molecule has 1 atom stereocenters. The van der Waals surface area contributed by atoms with Gasteiger partial charge in [0.1, 0.15) is 18.8 Å². The molecule has 5 nitrogen and oxygen atoms in total. The van der Waals surface area contributed by atoms with Gasteiger partial charge in [-0.15, -0.1) is 0 Å². The van der Waals surface area contributed by atoms with E-state index in [4.69, 9.17) is 13.9 Å². The number of benzene rings is 2. The van der Waals surface area contributed by atoms with E-state index in [1.165, 1.54) is 0 Å². The molecule has 0 aliphatic carbocycles. The first kappa shape index (κ1) is 17.0. The van der Waals surface area contributed by atoms with Gasteiger partial charge in [-0.25, -0.2) is 0 Å². The van der Waals surface area contributed by atoms with Crippen LogP contribution in [0.4, 0.5) is 0 Å². The Kier molecular flexibility index (Phi) is 4.36. The summed E-state index contributed by atoms with van der Waals surface area (Å²) in [6.07, 6.45) is 0. The van der Waals surface area contributed by atoms with Crippen molar-refractivity contribution in [3.63, 3.8) is 0 Å². The number of amides is 1. The maximum atomic E-state index is 12.7. The first-order valence-corrected chi connectivity index (χ1v) is 9.21. The lowest BCUT2D eigenvalue weighted by atomic mass is 10.1. The Morgan fingerprint density at radius 1 is 1.12 bits per heavy atom. The zero-order chi connectivity index (χ0) is 18.3. The monoisotopic (exact) mass is 415 g/mol. The average molecular weight is 416 g/mol. The first-order chi connectivity index (χ1) is 12.5. The summed E-state index contributed by atoms with van der Waals surface area (Å²) in [5.41, 5.74) is 2.47. The highest BCUT2D eigenvalue weighted by atomic mass is 79.9. The molecule has 1 N–H and O–H groups in total. The van der Waals surface area contributed by atoms with Gasteiger partial charge in [-0.05, 0) is 49.7 Å². The van der Waals surface area contributed by atoms with E-state index in [-0.39, 0.29) is 11.9 Å². The molecule has 1 amide bonds. The number of hydrogen-bond acceptors (Lipinski definition) is 4. The van der Waals surface area contributed by atoms with Gasteiger partial charge in [0.25, 0.3) is 5.91 Å². The number of furan rings is 1. The van der Waals surface area contributed by atoms with E-state index in [9.17, 15) is 4.79 Å². The van der Waals surface area contributed by atoms with Gasteiger partial charge in [-0.3, -0.25) is 4.79 Å². The van der Waals surface area contributed by atoms with Crippen LogP contribution >= 0.6 is 15.9 Å². The van der Waals surface area contributed by atoms with Crippen molar-refractivity contribution in [2.24, 2.45) is 0 Å². The van der Waals surface area contributed by atoms with E-state index < -0.39 is 0 Å². The predicted octanol–water partition coefficient (Wildman–Crippen LogP) is 4.77. The van der Waals surface area contributed by atoms with Crippen LogP contribution in [-0.4, -0.2) is 19.1 Å². The highest BCUT2D eigenvalue weighted by molar-refractivity contribution is 9.10. The van der Waals surface area contributed by atoms with Crippen LogP contribution in [-0.2, 0) is 0 Å². The van der Waals surface area contributed by atoms with Gasteiger partial charge in [0, 0.05) is 15.4 Å². The Hall–Kier alpha value is -2.47. The minimum Gasteiger partial charge on any atom is -0.486 e. The molecule has 0 saturated carbocycles. The molecule has 0 radical (unpaired) electrons. The highest BCUT2D eigenvalue weighted by Crippen LogP contribution is 2.33. The molecule has 0 saturated heterocycles. The molecule has 26 heavy (non-hydrogen) atoms. The van der Waals surface area contributed by atoms with Gasteiger partial charge < -0.3 is 19.2 Å². The molecule has 0 spiro atoms. The fraction of sp³-hybridized carbons (Fsp3) is 0.250. The van der Waals surface area contributed by atoms with Crippen molar-refractivity contribution in [3.05, 3.63) is 57.8 Å². The second-order valence-electron chi connectivity index (χ2n) is 6.29. The van der Waals surface area contributed by atoms with Crippen LogP contribution in [0.25, 0.3) is 11.0 Å². The Bertz CT molecular complexity index is 995. The van der Waals surface area contributed by atoms with E-state index >= 15 is 0 Å². The standard InChI is InChI=1S/C20H18BrNO4/c1-11-15-10-14(21)4-6-16(15)26-19(11)20(23)22-12(2)13-3-5-17-18(9-13)25-8-7-24-17/h3-6,9-10,12H,7-8H2,1-2H3,(H,22,23). The van der Waals surface area contributed by atoms with Gasteiger partial charge >= 0.3 is 0 Å². The molecule has 3 aromatic rings. The molecule has 2 heterocycles. The molecule has 1 aliphatic rings. The van der Waals surface area contributed by atoms with Crippen molar-refractivity contribution >= 4 is 32.8 Å². The molecular formula is C20H18BrNO4. The molecule has 1 aromatic heterocycles. The second kappa shape index (κ2) is 6.68. The Labute approximate surface area is 159 Å². The van der Waals surface area contributed by atoms with Crippen molar-refractivity contribution in [1.29, 1.82) is 0 Å². The summed E-state index contributed by atoms with van der Waals surface area (Å²) in [6.45, 7) is 4.91. The minimum absolute atomic E-state index is 0.197. The van der Waals surface area contributed by atoms with Crippen molar-refractivity contribution in [1.82, 2.24) is 5.32 Å². The van der Waals surface area contributed by atoms with Gasteiger partial charge in [-0.1, -0.05) is 22.0 Å². The van der Waals surface area contributed by atoms with Crippen molar-refractivity contribution in [2.75, 3.05) is 13.2 Å². The molecule has 2 aromatic carbocycles. The van der Waals surface area contributed by atoms with Gasteiger partial charge in [0.05, 0.1) is 6.04 Å². The molecular weight excluding hydrogens is 398 g/mol. The number of rotatable bonds is 3. The van der Waals surface area contributed by atoms with Gasteiger partial charge in [0.15, 0.2) is 17.3 Å². The summed E-state index contributed by atoms with van der Waals surface area (Å²) < 4.78 is 17.9. The number of nitrogens with one attached hydrogen (secondary N) is 1. The number of fused-ring (bicyclic) bond motifs is 2. The lowest BCUT2D eigenvalue weighted by molar-refractivity contribution is 0.0913. The maximum absolute atomic E-state index is 12.7. The van der Waals surface area contributed by atoms with Crippen LogP contribution in [0, 0.1) is 6.92 Å². The van der Waals surface area contributed by atoms with Crippen LogP contribution < -0.4 is 14.8 Å². The van der Waals surface area contributed by atoms with Crippen molar-refractivity contribution < 1.29 is 18.7 Å². The molecule has 1 aliphatic heterocycles. The summed E-state index contributed by atoms with van der Waals surface area (Å²) in [5, 5.41) is 3.92. The van der Waals surface area contributed by atoms with Crippen molar-refractivity contribution in [3.8, 4) is 11.5 Å². The number of ether oxygens (including phenoxy) is 2. The van der Waals surface area contributed by atoms with Gasteiger partial charge in [-0.2, -0.15) is 0 Å². The Morgan fingerprint density at radius 2 is 1.88 bits per heavy atom. The quantitative estimate of drug-likeness (QED) is 0.669. The number of aryl methyl sites for hydroxylation is 1. The summed E-state index contributed by atoms with van der Waals surface area (Å²) >= 11 is 3.45. The number of carbonyl (C=O) groups excluding carboxylic acids is 1. The topological polar surface area (TPSA) is 60.7 Å². The van der Waals surface area contributed by atoms with Crippen LogP contribution in [0.5, 0.6) is 11.5 Å². The average Bonchev–Trinajstić information content (AvgIpc) is 2.97. The van der Waals surface area contributed by atoms with Gasteiger partial charge in [0.2, 0.25) is 0 Å². The first-order valence-electron chi connectivity index (χ1n) is 8.42. The molecule has 1 unspecified atom stereocenters. The molecule has 4 rings (SSSR count). The minimum atomic E-state index is -0.239. The summed E-state index contributed by atoms with van der Waals surface area (Å²) in [4.78, 5) is 12.7. The van der Waals surface area contributed by atoms with Crippen LogP contribution in [0.1, 0.15) is 34.6 Å². The SMILES string of the molecule is Cc1c(C(=O)NC(C)c2ccc3c(c2)OCCO3)oc2ccc(Br)cc12. The molecule has 134 valence electrons. The third kappa shape index (κ3) is 3.05. The molecule has 0 fully saturated rings. The number of carbonyl (C=O) groups is 1. The van der Waals surface area contributed by atoms with E-state index in [2.05, 4.69) is 21.2 Å². The third-order valence-corrected chi connectivity index (χ3v) is 5.01. The maximum Gasteiger partial charge on any atom is 0.287 e. The Balaban J connectivity index is 1.57. The van der Waals surface area contributed by atoms with Crippen molar-refractivity contribution in [2.45, 2.75) is 19.9 Å². The van der Waals surface area contributed by atoms with Crippen LogP contribution in [0.2, 0.25) is 0 Å². The van der Waals surface area contributed by atoms with E-state index in [0.29, 0.717) is 30.3 Å². The zero-order valence-corrected chi connectivity index (χ0v) is 16.1. The molecule has 0 bridgehead atoms. The lowest BCUT2D eigenvalue weighted by Crippen LogP contribution is -2.27. The second-order valence-corrected chi connectivity index (χ2v) is 7.21. The van der Waals surface area contributed by atoms with E-state index in [1.807, 2.05) is 50.2 Å². The lowest BCUT2D eigenvalue weighted by Gasteiger charge is -2.21. The van der Waals surface area contributed by atoms with Crippen LogP contribution in [0.3, 0.4) is 0 Å². The number of halogens is 1. The summed E-state index contributed by atoms with van der Waals surface area (Å²) in [7, 11) is 0. The smallest absolute Gasteiger partial charge is 0.287 e. The zero-order valence-electron chi connectivity index (χ0n) is 14.5. The highest BCUT2D eigenvalue weighted by Gasteiger charge is 2.21. The summed E-state index contributed by atoms with van der Waals surface area (Å²) in [6, 6.07) is 11.2. The largest absolute Gasteiger partial charge is 0.486 e. The Morgan fingerprint density at radius 3 is 2.69 bits per heavy atom. The van der Waals surface area contributed by atoms with E-state index in [1.54, 1.807) is 0 Å². The van der Waals surface area contributed by atoms with Crippen LogP contribution in [0.15, 0.2) is 45.3 Å².